The third-order valence-electron chi connectivity index (χ3n) is 3.65. The van der Waals surface area contributed by atoms with Crippen LogP contribution in [0.5, 0.6) is 0 Å². The maximum Gasteiger partial charge on any atom is 0.252 e. The van der Waals surface area contributed by atoms with Crippen LogP contribution in [-0.2, 0) is 0 Å². The van der Waals surface area contributed by atoms with Crippen molar-refractivity contribution in [3.8, 4) is 0 Å². The number of halogens is 1. The number of piperidine rings is 1. The predicted octanol–water partition coefficient (Wildman–Crippen LogP) is 1.60. The first-order chi connectivity index (χ1) is 9.18. The quantitative estimate of drug-likeness (QED) is 0.876. The van der Waals surface area contributed by atoms with Crippen LogP contribution in [0.3, 0.4) is 0 Å². The second-order valence-corrected chi connectivity index (χ2v) is 5.22. The van der Waals surface area contributed by atoms with E-state index in [1.54, 1.807) is 6.20 Å². The summed E-state index contributed by atoms with van der Waals surface area (Å²) < 4.78 is 1.41. The average Bonchev–Trinajstić information content (AvgIpc) is 2.81. The molecule has 0 radical (unpaired) electrons. The van der Waals surface area contributed by atoms with Crippen molar-refractivity contribution in [2.45, 2.75) is 18.8 Å². The minimum Gasteiger partial charge on any atom is -0.365 e. The Balaban J connectivity index is 2.16. The third kappa shape index (κ3) is 2.09. The monoisotopic (exact) mass is 278 g/mol. The summed E-state index contributed by atoms with van der Waals surface area (Å²) in [6.45, 7) is 1.96. The molecule has 0 aromatic carbocycles. The highest BCUT2D eigenvalue weighted by Crippen LogP contribution is 2.31. The van der Waals surface area contributed by atoms with Crippen LogP contribution in [-0.4, -0.2) is 28.1 Å². The Morgan fingerprint density at radius 1 is 1.58 bits per heavy atom. The smallest absolute Gasteiger partial charge is 0.252 e. The molecule has 3 N–H and O–H groups in total. The molecule has 1 aliphatic rings. The number of carbonyl (C=O) groups excluding carboxylic acids is 1. The molecule has 0 bridgehead atoms. The molecule has 1 aliphatic heterocycles. The number of pyridine rings is 1. The van der Waals surface area contributed by atoms with Crippen LogP contribution in [0.15, 0.2) is 18.5 Å². The number of primary amides is 1. The van der Waals surface area contributed by atoms with E-state index in [1.807, 2.05) is 6.07 Å². The molecule has 6 heteroatoms. The first kappa shape index (κ1) is 12.4. The number of carbonyl (C=O) groups is 1. The van der Waals surface area contributed by atoms with E-state index in [1.165, 1.54) is 10.3 Å². The van der Waals surface area contributed by atoms with Crippen LogP contribution in [0, 0.1) is 0 Å². The maximum absolute atomic E-state index is 11.5. The second kappa shape index (κ2) is 4.83. The van der Waals surface area contributed by atoms with Crippen molar-refractivity contribution < 1.29 is 4.79 Å². The fraction of sp³-hybridized carbons (Fsp3) is 0.385. The number of nitrogens with one attached hydrogen (secondary N) is 1. The number of hydrogen-bond donors (Lipinski definition) is 2. The highest BCUT2D eigenvalue weighted by Gasteiger charge is 2.22. The van der Waals surface area contributed by atoms with Crippen molar-refractivity contribution >= 4 is 28.6 Å². The summed E-state index contributed by atoms with van der Waals surface area (Å²) in [7, 11) is 0. The Kier molecular flexibility index (Phi) is 3.16. The Morgan fingerprint density at radius 3 is 3.11 bits per heavy atom. The summed E-state index contributed by atoms with van der Waals surface area (Å²) in [6, 6.07) is 1.89. The van der Waals surface area contributed by atoms with Gasteiger partial charge in [-0.3, -0.25) is 13.9 Å². The molecular weight excluding hydrogens is 264 g/mol. The topological polar surface area (TPSA) is 72.9 Å². The van der Waals surface area contributed by atoms with Crippen LogP contribution in [0.1, 0.15) is 34.8 Å². The average molecular weight is 279 g/mol. The van der Waals surface area contributed by atoms with E-state index in [9.17, 15) is 4.79 Å². The largest absolute Gasteiger partial charge is 0.365 e. The van der Waals surface area contributed by atoms with Gasteiger partial charge in [-0.15, -0.1) is 0 Å². The maximum atomic E-state index is 11.5. The van der Waals surface area contributed by atoms with Gasteiger partial charge in [0.05, 0.1) is 16.8 Å². The SMILES string of the molecule is NC(=O)c1cnc([C@H]2CCCNC2)c2ccn(Cl)c12. The zero-order valence-electron chi connectivity index (χ0n) is 10.4. The summed E-state index contributed by atoms with van der Waals surface area (Å²) in [5, 5.41) is 4.29. The highest BCUT2D eigenvalue weighted by atomic mass is 35.5. The second-order valence-electron chi connectivity index (χ2n) is 4.85. The Morgan fingerprint density at radius 2 is 2.42 bits per heavy atom. The van der Waals surface area contributed by atoms with E-state index in [0.29, 0.717) is 17.0 Å². The van der Waals surface area contributed by atoms with Gasteiger partial charge in [0, 0.05) is 42.0 Å². The molecule has 3 heterocycles. The van der Waals surface area contributed by atoms with Gasteiger partial charge < -0.3 is 11.1 Å². The number of amides is 1. The summed E-state index contributed by atoms with van der Waals surface area (Å²) in [5.41, 5.74) is 7.39. The highest BCUT2D eigenvalue weighted by molar-refractivity contribution is 6.21. The van der Waals surface area contributed by atoms with Crippen molar-refractivity contribution in [3.05, 3.63) is 29.7 Å². The molecule has 1 amide bonds. The Labute approximate surface area is 115 Å². The summed E-state index contributed by atoms with van der Waals surface area (Å²) >= 11 is 6.10. The number of fused-ring (bicyclic) bond motifs is 1. The summed E-state index contributed by atoms with van der Waals surface area (Å²) in [5.74, 6) is -0.149. The lowest BCUT2D eigenvalue weighted by Crippen LogP contribution is -2.29. The van der Waals surface area contributed by atoms with Gasteiger partial charge in [0.25, 0.3) is 5.91 Å². The van der Waals surface area contributed by atoms with Gasteiger partial charge >= 0.3 is 0 Å². The first-order valence-corrected chi connectivity index (χ1v) is 6.69. The molecule has 0 unspecified atom stereocenters. The van der Waals surface area contributed by atoms with E-state index >= 15 is 0 Å². The fourth-order valence-corrected chi connectivity index (χ4v) is 2.97. The summed E-state index contributed by atoms with van der Waals surface area (Å²) in [4.78, 5) is 15.9. The molecule has 2 aromatic rings. The van der Waals surface area contributed by atoms with Crippen molar-refractivity contribution in [3.63, 3.8) is 0 Å². The van der Waals surface area contributed by atoms with Crippen molar-refractivity contribution in [1.29, 1.82) is 0 Å². The lowest BCUT2D eigenvalue weighted by Gasteiger charge is -2.23. The summed E-state index contributed by atoms with van der Waals surface area (Å²) in [6.07, 6.45) is 5.49. The predicted molar refractivity (Wildman–Crippen MR) is 74.3 cm³/mol. The van der Waals surface area contributed by atoms with Gasteiger partial charge in [-0.05, 0) is 25.5 Å². The van der Waals surface area contributed by atoms with E-state index in [-0.39, 0.29) is 0 Å². The van der Waals surface area contributed by atoms with Crippen molar-refractivity contribution in [1.82, 2.24) is 14.4 Å². The fourth-order valence-electron chi connectivity index (χ4n) is 2.73. The molecule has 1 fully saturated rings. The molecular formula is C13H15ClN4O. The van der Waals surface area contributed by atoms with Crippen molar-refractivity contribution in [2.75, 3.05) is 13.1 Å². The Bertz CT molecular complexity index is 631. The van der Waals surface area contributed by atoms with Gasteiger partial charge in [0.1, 0.15) is 0 Å². The Hall–Kier alpha value is -1.59. The van der Waals surface area contributed by atoms with Gasteiger partial charge in [-0.2, -0.15) is 0 Å². The first-order valence-electron chi connectivity index (χ1n) is 6.35. The molecule has 5 nitrogen and oxygen atoms in total. The zero-order valence-corrected chi connectivity index (χ0v) is 11.2. The van der Waals surface area contributed by atoms with Crippen LogP contribution in [0.25, 0.3) is 10.9 Å². The normalized spacial score (nSPS) is 19.7. The zero-order chi connectivity index (χ0) is 13.4. The number of nitrogens with two attached hydrogens (primary N) is 1. The lowest BCUT2D eigenvalue weighted by molar-refractivity contribution is 0.100. The molecule has 1 saturated heterocycles. The van der Waals surface area contributed by atoms with Gasteiger partial charge in [-0.25, -0.2) is 0 Å². The molecule has 0 spiro atoms. The van der Waals surface area contributed by atoms with Gasteiger partial charge in [0.2, 0.25) is 0 Å². The standard InChI is InChI=1S/C13H15ClN4O/c14-18-5-3-9-11(8-2-1-4-16-6-8)17-7-10(12(9)18)13(15)19/h3,5,7-8,16H,1-2,4,6H2,(H2,15,19)/t8-/m0/s1. The van der Waals surface area contributed by atoms with Gasteiger partial charge in [-0.1, -0.05) is 0 Å². The minimum atomic E-state index is -0.508. The number of rotatable bonds is 2. The van der Waals surface area contributed by atoms with Crippen LogP contribution >= 0.6 is 11.8 Å². The number of aromatic nitrogens is 2. The van der Waals surface area contributed by atoms with E-state index < -0.39 is 5.91 Å². The lowest BCUT2D eigenvalue weighted by atomic mass is 9.93. The van der Waals surface area contributed by atoms with Crippen LogP contribution in [0.4, 0.5) is 0 Å². The van der Waals surface area contributed by atoms with Gasteiger partial charge in [0.15, 0.2) is 0 Å². The molecule has 3 rings (SSSR count). The molecule has 0 aliphatic carbocycles. The molecule has 0 saturated carbocycles. The third-order valence-corrected chi connectivity index (χ3v) is 3.94. The van der Waals surface area contributed by atoms with E-state index in [4.69, 9.17) is 17.5 Å². The van der Waals surface area contributed by atoms with Crippen LogP contribution < -0.4 is 11.1 Å². The minimum absolute atomic E-state index is 0.359. The van der Waals surface area contributed by atoms with Crippen LogP contribution in [0.2, 0.25) is 0 Å². The van der Waals surface area contributed by atoms with Crippen molar-refractivity contribution in [2.24, 2.45) is 5.73 Å². The molecule has 1 atom stereocenters. The molecule has 2 aromatic heterocycles. The molecule has 100 valence electrons. The van der Waals surface area contributed by atoms with E-state index in [2.05, 4.69) is 10.3 Å². The molecule has 19 heavy (non-hydrogen) atoms. The number of hydrogen-bond acceptors (Lipinski definition) is 3. The van der Waals surface area contributed by atoms with E-state index in [0.717, 1.165) is 37.0 Å². The number of nitrogens with zero attached hydrogens (tertiary/aromatic N) is 2.